The van der Waals surface area contributed by atoms with E-state index in [2.05, 4.69) is 32.9 Å². The molecule has 0 unspecified atom stereocenters. The first-order valence-electron chi connectivity index (χ1n) is 9.23. The highest BCUT2D eigenvalue weighted by molar-refractivity contribution is 5.90. The van der Waals surface area contributed by atoms with Gasteiger partial charge in [0.2, 0.25) is 0 Å². The molecule has 3 heteroatoms. The second-order valence-corrected chi connectivity index (χ2v) is 9.76. The van der Waals surface area contributed by atoms with Crippen LogP contribution < -0.4 is 0 Å². The van der Waals surface area contributed by atoms with Crippen molar-refractivity contribution >= 4 is 5.78 Å². The molecule has 0 aromatic carbocycles. The summed E-state index contributed by atoms with van der Waals surface area (Å²) in [4.78, 5) is 13.1. The number of Topliss-reactive ketones (excluding diaryl/α,β-unsaturated/α-hetero) is 1. The second kappa shape index (κ2) is 4.49. The average Bonchev–Trinajstić information content (AvgIpc) is 2.75. The summed E-state index contributed by atoms with van der Waals surface area (Å²) in [5.41, 5.74) is -0.395. The summed E-state index contributed by atoms with van der Waals surface area (Å²) >= 11 is 0. The van der Waals surface area contributed by atoms with E-state index in [1.165, 1.54) is 0 Å². The molecule has 7 atom stereocenters. The van der Waals surface area contributed by atoms with E-state index in [1.807, 2.05) is 0 Å². The highest BCUT2D eigenvalue weighted by Gasteiger charge is 2.67. The maximum Gasteiger partial charge on any atom is 0.167 e. The molecule has 3 nitrogen and oxygen atoms in total. The molecular weight excluding hydrogens is 288 g/mol. The van der Waals surface area contributed by atoms with Gasteiger partial charge in [0.1, 0.15) is 6.10 Å². The first-order valence-corrected chi connectivity index (χ1v) is 9.23. The van der Waals surface area contributed by atoms with Crippen LogP contribution in [0.15, 0.2) is 12.2 Å². The van der Waals surface area contributed by atoms with Gasteiger partial charge in [0.05, 0.1) is 0 Å². The summed E-state index contributed by atoms with van der Waals surface area (Å²) in [6, 6.07) is 0. The minimum atomic E-state index is -0.915. The van der Waals surface area contributed by atoms with Gasteiger partial charge >= 0.3 is 0 Å². The zero-order valence-corrected chi connectivity index (χ0v) is 14.6. The molecule has 3 saturated carbocycles. The van der Waals surface area contributed by atoms with Gasteiger partial charge < -0.3 is 10.2 Å². The molecule has 2 bridgehead atoms. The van der Waals surface area contributed by atoms with Crippen LogP contribution in [0.5, 0.6) is 0 Å². The largest absolute Gasteiger partial charge is 0.396 e. The molecule has 2 N–H and O–H groups in total. The third-order valence-corrected chi connectivity index (χ3v) is 8.29. The van der Waals surface area contributed by atoms with Gasteiger partial charge in [0.25, 0.3) is 0 Å². The Morgan fingerprint density at radius 3 is 2.52 bits per heavy atom. The Morgan fingerprint density at radius 1 is 1.13 bits per heavy atom. The predicted molar refractivity (Wildman–Crippen MR) is 88.7 cm³/mol. The molecule has 4 aliphatic rings. The molecule has 4 rings (SSSR count). The van der Waals surface area contributed by atoms with Gasteiger partial charge in [-0.1, -0.05) is 32.9 Å². The lowest BCUT2D eigenvalue weighted by atomic mass is 9.39. The third kappa shape index (κ3) is 1.81. The van der Waals surface area contributed by atoms with Crippen LogP contribution in [0.3, 0.4) is 0 Å². The first-order chi connectivity index (χ1) is 10.7. The lowest BCUT2D eigenvalue weighted by molar-refractivity contribution is -0.189. The number of rotatable bonds is 1. The molecule has 0 radical (unpaired) electrons. The summed E-state index contributed by atoms with van der Waals surface area (Å²) in [6.07, 6.45) is 9.78. The van der Waals surface area contributed by atoms with E-state index >= 15 is 0 Å². The summed E-state index contributed by atoms with van der Waals surface area (Å²) in [7, 11) is 0. The van der Waals surface area contributed by atoms with Crippen molar-refractivity contribution in [3.8, 4) is 0 Å². The lowest BCUT2D eigenvalue weighted by Crippen LogP contribution is -2.64. The van der Waals surface area contributed by atoms with Crippen molar-refractivity contribution in [3.05, 3.63) is 12.2 Å². The first kappa shape index (κ1) is 15.8. The van der Waals surface area contributed by atoms with Gasteiger partial charge in [-0.25, -0.2) is 0 Å². The summed E-state index contributed by atoms with van der Waals surface area (Å²) in [5, 5.41) is 20.5. The molecule has 3 fully saturated rings. The monoisotopic (exact) mass is 318 g/mol. The molecule has 23 heavy (non-hydrogen) atoms. The zero-order valence-electron chi connectivity index (χ0n) is 14.6. The Bertz CT molecular complexity index is 583. The quantitative estimate of drug-likeness (QED) is 0.731. The molecule has 128 valence electrons. The van der Waals surface area contributed by atoms with Crippen LogP contribution in [0.25, 0.3) is 0 Å². The van der Waals surface area contributed by atoms with Crippen molar-refractivity contribution in [2.75, 3.05) is 6.61 Å². The molecular formula is C20H30O3. The molecule has 0 amide bonds. The van der Waals surface area contributed by atoms with Gasteiger partial charge in [0.15, 0.2) is 5.78 Å². The number of carbonyl (C=O) groups excluding carboxylic acids is 1. The number of hydrogen-bond acceptors (Lipinski definition) is 3. The Balaban J connectivity index is 1.82. The minimum absolute atomic E-state index is 0.0430. The fourth-order valence-electron chi connectivity index (χ4n) is 7.23. The predicted octanol–water partition coefficient (Wildman–Crippen LogP) is 3.10. The molecule has 4 aliphatic carbocycles. The van der Waals surface area contributed by atoms with Gasteiger partial charge in [-0.3, -0.25) is 4.79 Å². The van der Waals surface area contributed by atoms with Crippen molar-refractivity contribution in [2.24, 2.45) is 33.5 Å². The average molecular weight is 318 g/mol. The number of allylic oxidation sites excluding steroid dienone is 2. The fourth-order valence-corrected chi connectivity index (χ4v) is 7.23. The van der Waals surface area contributed by atoms with Crippen molar-refractivity contribution in [2.45, 2.75) is 65.4 Å². The van der Waals surface area contributed by atoms with E-state index < -0.39 is 11.5 Å². The van der Waals surface area contributed by atoms with E-state index in [0.717, 1.165) is 32.1 Å². The molecule has 0 aromatic rings. The normalized spacial score (nSPS) is 58.0. The Hall–Kier alpha value is -0.670. The smallest absolute Gasteiger partial charge is 0.167 e. The molecule has 0 heterocycles. The maximum atomic E-state index is 13.1. The highest BCUT2D eigenvalue weighted by atomic mass is 16.3. The van der Waals surface area contributed by atoms with Crippen molar-refractivity contribution in [1.82, 2.24) is 0 Å². The number of aliphatic hydroxyl groups excluding tert-OH is 2. The van der Waals surface area contributed by atoms with Crippen LogP contribution in [0.2, 0.25) is 0 Å². The van der Waals surface area contributed by atoms with Gasteiger partial charge in [-0.15, -0.1) is 0 Å². The number of carbonyl (C=O) groups is 1. The van der Waals surface area contributed by atoms with E-state index in [0.29, 0.717) is 17.8 Å². The van der Waals surface area contributed by atoms with Crippen molar-refractivity contribution in [3.63, 3.8) is 0 Å². The molecule has 0 saturated heterocycles. The van der Waals surface area contributed by atoms with E-state index in [-0.39, 0.29) is 29.1 Å². The van der Waals surface area contributed by atoms with Crippen LogP contribution >= 0.6 is 0 Å². The van der Waals surface area contributed by atoms with Gasteiger partial charge in [-0.2, -0.15) is 0 Å². The van der Waals surface area contributed by atoms with Crippen LogP contribution in [0.4, 0.5) is 0 Å². The fraction of sp³-hybridized carbons (Fsp3) is 0.850. The van der Waals surface area contributed by atoms with Crippen molar-refractivity contribution < 1.29 is 15.0 Å². The van der Waals surface area contributed by atoms with Gasteiger partial charge in [-0.05, 0) is 66.6 Å². The van der Waals surface area contributed by atoms with Crippen LogP contribution in [0, 0.1) is 33.5 Å². The Labute approximate surface area is 139 Å². The maximum absolute atomic E-state index is 13.1. The summed E-state index contributed by atoms with van der Waals surface area (Å²) < 4.78 is 0. The van der Waals surface area contributed by atoms with E-state index in [9.17, 15) is 15.0 Å². The number of ketones is 1. The SMILES string of the molecule is C[C@]12C=C[C@@]3(CC[C@@H]4[C@](C)(CO)C[C@H](O)C(=O)[C@@]4(C)[C@@H]3CC1)C2. The minimum Gasteiger partial charge on any atom is -0.396 e. The molecule has 0 aromatic heterocycles. The Kier molecular flexibility index (Phi) is 3.09. The number of hydrogen-bond donors (Lipinski definition) is 2. The van der Waals surface area contributed by atoms with Crippen LogP contribution in [-0.2, 0) is 4.79 Å². The van der Waals surface area contributed by atoms with Crippen LogP contribution in [0.1, 0.15) is 59.3 Å². The van der Waals surface area contributed by atoms with Crippen molar-refractivity contribution in [1.29, 1.82) is 0 Å². The van der Waals surface area contributed by atoms with E-state index in [1.54, 1.807) is 0 Å². The summed E-state index contributed by atoms with van der Waals surface area (Å²) in [5.74, 6) is 0.542. The topological polar surface area (TPSA) is 57.5 Å². The molecule has 1 spiro atoms. The Morgan fingerprint density at radius 2 is 1.83 bits per heavy atom. The zero-order chi connectivity index (χ0) is 16.7. The molecule has 0 aliphatic heterocycles. The second-order valence-electron chi connectivity index (χ2n) is 9.76. The standard InChI is InChI=1S/C20H30O3/c1-17-6-4-15-19(3)14(5-7-20(15,11-17)9-8-17)18(2,12-21)10-13(22)16(19)23/h8-9,13-15,21-22H,4-7,10-12H2,1-3H3/t13-,14+,15-,17+,18-,19+,20-/m0/s1. The number of aliphatic hydroxyl groups is 2. The third-order valence-electron chi connectivity index (χ3n) is 8.29. The highest BCUT2D eigenvalue weighted by Crippen LogP contribution is 2.70. The lowest BCUT2D eigenvalue weighted by Gasteiger charge is -2.64. The van der Waals surface area contributed by atoms with Crippen LogP contribution in [-0.4, -0.2) is 28.7 Å². The van der Waals surface area contributed by atoms with E-state index in [4.69, 9.17) is 0 Å². The number of fused-ring (bicyclic) bond motifs is 3. The van der Waals surface area contributed by atoms with Gasteiger partial charge in [0, 0.05) is 12.0 Å². The summed E-state index contributed by atoms with van der Waals surface area (Å²) in [6.45, 7) is 6.58.